The molecule has 1 nitrogen and oxygen atoms in total. The summed E-state index contributed by atoms with van der Waals surface area (Å²) in [6, 6.07) is 0. The number of nitrogens with one attached hydrogen (secondary N) is 1. The van der Waals surface area contributed by atoms with E-state index in [1.165, 1.54) is 51.4 Å². The molecule has 0 fully saturated rings. The van der Waals surface area contributed by atoms with Gasteiger partial charge in [-0.3, -0.25) is 0 Å². The maximum atomic E-state index is 4.48. The lowest BCUT2D eigenvalue weighted by Gasteiger charge is -2.17. The Morgan fingerprint density at radius 3 is 1.88 bits per heavy atom. The van der Waals surface area contributed by atoms with Gasteiger partial charge in [0.1, 0.15) is 0 Å². The van der Waals surface area contributed by atoms with Crippen LogP contribution < -0.4 is 5.32 Å². The average Bonchev–Trinajstić information content (AvgIpc) is 2.19. The number of thiol groups is 1. The molecule has 0 bridgehead atoms. The number of hydrogen-bond donors (Lipinski definition) is 2. The van der Waals surface area contributed by atoms with Crippen molar-refractivity contribution in [1.82, 2.24) is 5.32 Å². The minimum atomic E-state index is 0.125. The third kappa shape index (κ3) is 14.3. The summed E-state index contributed by atoms with van der Waals surface area (Å²) in [4.78, 5) is 0. The van der Waals surface area contributed by atoms with E-state index in [-0.39, 0.29) is 4.75 Å². The van der Waals surface area contributed by atoms with Gasteiger partial charge in [-0.05, 0) is 26.8 Å². The van der Waals surface area contributed by atoms with Crippen molar-refractivity contribution in [3.8, 4) is 0 Å². The molecule has 0 aliphatic heterocycles. The fourth-order valence-corrected chi connectivity index (χ4v) is 1.89. The van der Waals surface area contributed by atoms with Crippen molar-refractivity contribution in [2.75, 3.05) is 13.1 Å². The van der Waals surface area contributed by atoms with Crippen LogP contribution in [-0.2, 0) is 0 Å². The molecule has 0 radical (unpaired) electrons. The third-order valence-corrected chi connectivity index (χ3v) is 2.92. The standard InChI is InChI=1S/C14H31NS/c1-4-5-6-7-8-9-10-11-12-15-13-14(2,3)16/h15-16H,4-13H2,1-3H3. The van der Waals surface area contributed by atoms with Gasteiger partial charge in [0.2, 0.25) is 0 Å². The van der Waals surface area contributed by atoms with Crippen LogP contribution in [0, 0.1) is 0 Å². The van der Waals surface area contributed by atoms with Crippen LogP contribution in [-0.4, -0.2) is 17.8 Å². The summed E-state index contributed by atoms with van der Waals surface area (Å²) >= 11 is 4.48. The lowest BCUT2D eigenvalue weighted by atomic mass is 10.1. The van der Waals surface area contributed by atoms with Gasteiger partial charge in [0.15, 0.2) is 0 Å². The van der Waals surface area contributed by atoms with Gasteiger partial charge in [0, 0.05) is 11.3 Å². The molecule has 0 atom stereocenters. The zero-order valence-corrected chi connectivity index (χ0v) is 12.4. The Morgan fingerprint density at radius 2 is 1.38 bits per heavy atom. The molecule has 0 aromatic heterocycles. The second kappa shape index (κ2) is 10.5. The lowest BCUT2D eigenvalue weighted by Crippen LogP contribution is -2.30. The van der Waals surface area contributed by atoms with Crippen LogP contribution >= 0.6 is 12.6 Å². The Bertz CT molecular complexity index is 140. The molecular weight excluding hydrogens is 214 g/mol. The van der Waals surface area contributed by atoms with Crippen molar-refractivity contribution >= 4 is 12.6 Å². The highest BCUT2D eigenvalue weighted by Crippen LogP contribution is 2.10. The smallest absolute Gasteiger partial charge is 0.0198 e. The van der Waals surface area contributed by atoms with E-state index >= 15 is 0 Å². The quantitative estimate of drug-likeness (QED) is 0.405. The van der Waals surface area contributed by atoms with E-state index in [2.05, 4.69) is 38.7 Å². The van der Waals surface area contributed by atoms with Gasteiger partial charge in [0.25, 0.3) is 0 Å². The van der Waals surface area contributed by atoms with Crippen molar-refractivity contribution in [2.24, 2.45) is 0 Å². The van der Waals surface area contributed by atoms with Gasteiger partial charge >= 0.3 is 0 Å². The fourth-order valence-electron chi connectivity index (χ4n) is 1.78. The van der Waals surface area contributed by atoms with E-state index in [0.717, 1.165) is 13.1 Å². The van der Waals surface area contributed by atoms with Gasteiger partial charge in [0.05, 0.1) is 0 Å². The van der Waals surface area contributed by atoms with E-state index in [9.17, 15) is 0 Å². The first-order valence-corrected chi connectivity index (χ1v) is 7.44. The van der Waals surface area contributed by atoms with Crippen molar-refractivity contribution < 1.29 is 0 Å². The summed E-state index contributed by atoms with van der Waals surface area (Å²) in [6.45, 7) is 8.73. The Hall–Kier alpha value is 0.310. The lowest BCUT2D eigenvalue weighted by molar-refractivity contribution is 0.537. The Labute approximate surface area is 108 Å². The summed E-state index contributed by atoms with van der Waals surface area (Å²) in [5.41, 5.74) is 0. The number of unbranched alkanes of at least 4 members (excludes halogenated alkanes) is 7. The first kappa shape index (κ1) is 16.3. The minimum Gasteiger partial charge on any atom is -0.315 e. The Morgan fingerprint density at radius 1 is 0.875 bits per heavy atom. The first-order valence-electron chi connectivity index (χ1n) is 6.99. The van der Waals surface area contributed by atoms with E-state index in [1.807, 2.05) is 0 Å². The third-order valence-electron chi connectivity index (χ3n) is 2.76. The molecule has 0 aliphatic carbocycles. The second-order valence-corrected chi connectivity index (χ2v) is 6.67. The van der Waals surface area contributed by atoms with Crippen LogP contribution in [0.3, 0.4) is 0 Å². The molecule has 98 valence electrons. The number of hydrogen-bond acceptors (Lipinski definition) is 2. The molecule has 0 spiro atoms. The maximum absolute atomic E-state index is 4.48. The van der Waals surface area contributed by atoms with Crippen LogP contribution in [0.15, 0.2) is 0 Å². The molecule has 0 aliphatic rings. The predicted molar refractivity (Wildman–Crippen MR) is 78.5 cm³/mol. The first-order chi connectivity index (χ1) is 7.56. The molecule has 2 heteroatoms. The largest absolute Gasteiger partial charge is 0.315 e. The second-order valence-electron chi connectivity index (χ2n) is 5.46. The summed E-state index contributed by atoms with van der Waals surface area (Å²) in [6.07, 6.45) is 11.2. The van der Waals surface area contributed by atoms with Gasteiger partial charge in [-0.15, -0.1) is 0 Å². The highest BCUT2D eigenvalue weighted by atomic mass is 32.1. The topological polar surface area (TPSA) is 12.0 Å². The van der Waals surface area contributed by atoms with Gasteiger partial charge < -0.3 is 5.32 Å². The van der Waals surface area contributed by atoms with Crippen molar-refractivity contribution in [2.45, 2.75) is 76.9 Å². The van der Waals surface area contributed by atoms with E-state index in [1.54, 1.807) is 0 Å². The van der Waals surface area contributed by atoms with Crippen LogP contribution in [0.4, 0.5) is 0 Å². The van der Waals surface area contributed by atoms with Gasteiger partial charge in [-0.1, -0.05) is 51.9 Å². The summed E-state index contributed by atoms with van der Waals surface area (Å²) in [7, 11) is 0. The number of rotatable bonds is 11. The minimum absolute atomic E-state index is 0.125. The molecule has 0 amide bonds. The normalized spacial score (nSPS) is 12.0. The molecule has 0 aromatic carbocycles. The van der Waals surface area contributed by atoms with Crippen LogP contribution in [0.1, 0.15) is 72.1 Å². The van der Waals surface area contributed by atoms with Gasteiger partial charge in [-0.2, -0.15) is 12.6 Å². The average molecular weight is 245 g/mol. The summed E-state index contributed by atoms with van der Waals surface area (Å²) in [5, 5.41) is 3.46. The van der Waals surface area contributed by atoms with Crippen LogP contribution in [0.25, 0.3) is 0 Å². The van der Waals surface area contributed by atoms with E-state index in [4.69, 9.17) is 0 Å². The Kier molecular flexibility index (Phi) is 10.7. The van der Waals surface area contributed by atoms with Gasteiger partial charge in [-0.25, -0.2) is 0 Å². The molecule has 0 heterocycles. The highest BCUT2D eigenvalue weighted by Gasteiger charge is 2.09. The monoisotopic (exact) mass is 245 g/mol. The molecule has 0 unspecified atom stereocenters. The molecule has 1 N–H and O–H groups in total. The molecule has 0 saturated carbocycles. The zero-order valence-electron chi connectivity index (χ0n) is 11.5. The molecule has 0 aromatic rings. The van der Waals surface area contributed by atoms with E-state index < -0.39 is 0 Å². The Balaban J connectivity index is 2.99. The molecule has 0 saturated heterocycles. The highest BCUT2D eigenvalue weighted by molar-refractivity contribution is 7.81. The predicted octanol–water partition coefficient (Wildman–Crippen LogP) is 4.43. The van der Waals surface area contributed by atoms with Crippen LogP contribution in [0.5, 0.6) is 0 Å². The van der Waals surface area contributed by atoms with E-state index in [0.29, 0.717) is 0 Å². The summed E-state index contributed by atoms with van der Waals surface area (Å²) < 4.78 is 0.125. The van der Waals surface area contributed by atoms with Crippen molar-refractivity contribution in [1.29, 1.82) is 0 Å². The maximum Gasteiger partial charge on any atom is 0.0198 e. The molecule has 16 heavy (non-hydrogen) atoms. The molecule has 0 rings (SSSR count). The zero-order chi connectivity index (χ0) is 12.3. The SMILES string of the molecule is CCCCCCCCCCNCC(C)(C)S. The molecular formula is C14H31NS. The van der Waals surface area contributed by atoms with Crippen molar-refractivity contribution in [3.05, 3.63) is 0 Å². The fraction of sp³-hybridized carbons (Fsp3) is 1.00. The van der Waals surface area contributed by atoms with Crippen LogP contribution in [0.2, 0.25) is 0 Å². The summed E-state index contributed by atoms with van der Waals surface area (Å²) in [5.74, 6) is 0. The van der Waals surface area contributed by atoms with Crippen molar-refractivity contribution in [3.63, 3.8) is 0 Å².